The van der Waals surface area contributed by atoms with Crippen molar-refractivity contribution >= 4 is 18.0 Å². The Bertz CT molecular complexity index is 768. The number of carbonyl (C=O) groups is 2. The second kappa shape index (κ2) is 7.91. The van der Waals surface area contributed by atoms with Gasteiger partial charge in [-0.3, -0.25) is 4.79 Å². The molecule has 0 unspecified atom stereocenters. The molecule has 0 aliphatic carbocycles. The Labute approximate surface area is 143 Å². The third kappa shape index (κ3) is 4.11. The van der Waals surface area contributed by atoms with Crippen molar-refractivity contribution in [3.63, 3.8) is 0 Å². The zero-order valence-corrected chi connectivity index (χ0v) is 13.8. The summed E-state index contributed by atoms with van der Waals surface area (Å²) in [5.41, 5.74) is -0.338. The van der Waals surface area contributed by atoms with E-state index >= 15 is 0 Å². The van der Waals surface area contributed by atoms with Gasteiger partial charge in [-0.1, -0.05) is 0 Å². The second-order valence-electron chi connectivity index (χ2n) is 4.73. The van der Waals surface area contributed by atoms with Crippen LogP contribution >= 0.6 is 0 Å². The Morgan fingerprint density at radius 1 is 1.12 bits per heavy atom. The van der Waals surface area contributed by atoms with Gasteiger partial charge < -0.3 is 33.8 Å². The number of carbonyl (C=O) groups excluding carboxylic acids is 2. The molecule has 0 bridgehead atoms. The molecule has 8 nitrogen and oxygen atoms in total. The maximum atomic E-state index is 12.4. The number of amides is 1. The van der Waals surface area contributed by atoms with E-state index in [2.05, 4.69) is 5.32 Å². The Kier molecular flexibility index (Phi) is 5.67. The van der Waals surface area contributed by atoms with Crippen LogP contribution < -0.4 is 24.6 Å². The number of benzene rings is 1. The maximum absolute atomic E-state index is 12.4. The number of methoxy groups -OCH3 is 3. The van der Waals surface area contributed by atoms with Crippen LogP contribution in [0, 0.1) is 0 Å². The molecule has 0 aliphatic heterocycles. The number of carboxylic acid groups (broad SMARTS) is 1. The third-order valence-electron chi connectivity index (χ3n) is 3.22. The van der Waals surface area contributed by atoms with Crippen molar-refractivity contribution in [2.45, 2.75) is 0 Å². The topological polar surface area (TPSA) is 110 Å². The highest BCUT2D eigenvalue weighted by atomic mass is 16.5. The fraction of sp³-hybridized carbons (Fsp3) is 0.176. The van der Waals surface area contributed by atoms with Crippen molar-refractivity contribution in [1.82, 2.24) is 5.32 Å². The van der Waals surface area contributed by atoms with Gasteiger partial charge in [0.25, 0.3) is 5.91 Å². The zero-order valence-electron chi connectivity index (χ0n) is 13.8. The van der Waals surface area contributed by atoms with Gasteiger partial charge in [-0.05, 0) is 24.3 Å². The largest absolute Gasteiger partial charge is 0.543 e. The van der Waals surface area contributed by atoms with Gasteiger partial charge in [-0.25, -0.2) is 0 Å². The molecule has 0 saturated carbocycles. The number of carboxylic acids is 1. The molecule has 1 heterocycles. The first kappa shape index (κ1) is 17.9. The van der Waals surface area contributed by atoms with Crippen LogP contribution in [0.1, 0.15) is 16.1 Å². The molecule has 25 heavy (non-hydrogen) atoms. The minimum atomic E-state index is -1.56. The molecule has 0 saturated heterocycles. The number of nitrogens with one attached hydrogen (secondary N) is 1. The van der Waals surface area contributed by atoms with Crippen molar-refractivity contribution in [2.24, 2.45) is 0 Å². The van der Waals surface area contributed by atoms with Crippen molar-refractivity contribution in [1.29, 1.82) is 0 Å². The number of hydrogen-bond donors (Lipinski definition) is 1. The van der Waals surface area contributed by atoms with Crippen molar-refractivity contribution in [3.8, 4) is 17.2 Å². The number of aliphatic carboxylic acids is 1. The lowest BCUT2D eigenvalue weighted by atomic mass is 10.1. The minimum Gasteiger partial charge on any atom is -0.543 e. The molecule has 2 rings (SSSR count). The molecule has 1 aromatic carbocycles. The Balaban J connectivity index is 2.34. The Morgan fingerprint density at radius 3 is 2.20 bits per heavy atom. The highest BCUT2D eigenvalue weighted by Gasteiger charge is 2.18. The summed E-state index contributed by atoms with van der Waals surface area (Å²) in [6.45, 7) is 0. The molecule has 1 amide bonds. The van der Waals surface area contributed by atoms with Gasteiger partial charge >= 0.3 is 0 Å². The van der Waals surface area contributed by atoms with E-state index in [0.717, 1.165) is 6.08 Å². The predicted octanol–water partition coefficient (Wildman–Crippen LogP) is 0.826. The first-order valence-corrected chi connectivity index (χ1v) is 7.08. The summed E-state index contributed by atoms with van der Waals surface area (Å²) >= 11 is 0. The van der Waals surface area contributed by atoms with Crippen LogP contribution in [0.5, 0.6) is 17.2 Å². The van der Waals surface area contributed by atoms with Gasteiger partial charge in [0, 0.05) is 11.6 Å². The van der Waals surface area contributed by atoms with E-state index in [1.165, 1.54) is 45.8 Å². The molecule has 1 N–H and O–H groups in total. The van der Waals surface area contributed by atoms with Crippen molar-refractivity contribution in [3.05, 3.63) is 47.5 Å². The Morgan fingerprint density at radius 2 is 1.76 bits per heavy atom. The summed E-state index contributed by atoms with van der Waals surface area (Å²) in [7, 11) is 4.24. The van der Waals surface area contributed by atoms with Crippen LogP contribution in [0.15, 0.2) is 40.6 Å². The predicted molar refractivity (Wildman–Crippen MR) is 85.3 cm³/mol. The summed E-state index contributed by atoms with van der Waals surface area (Å²) in [6, 6.07) is 5.92. The number of ether oxygens (including phenoxy) is 3. The summed E-state index contributed by atoms with van der Waals surface area (Å²) in [6.07, 6.45) is 2.52. The molecule has 8 heteroatoms. The molecule has 0 aliphatic rings. The van der Waals surface area contributed by atoms with Crippen LogP contribution in [-0.2, 0) is 4.79 Å². The van der Waals surface area contributed by atoms with Crippen LogP contribution in [0.2, 0.25) is 0 Å². The highest BCUT2D eigenvalue weighted by Crippen LogP contribution is 2.38. The average molecular weight is 346 g/mol. The molecule has 0 atom stereocenters. The Hall–Kier alpha value is -3.42. The van der Waals surface area contributed by atoms with E-state index in [0.29, 0.717) is 5.75 Å². The molecular weight excluding hydrogens is 330 g/mol. The maximum Gasteiger partial charge on any atom is 0.255 e. The lowest BCUT2D eigenvalue weighted by Crippen LogP contribution is -2.35. The highest BCUT2D eigenvalue weighted by molar-refractivity contribution is 6.02. The summed E-state index contributed by atoms with van der Waals surface area (Å²) in [4.78, 5) is 23.6. The molecule has 0 radical (unpaired) electrons. The minimum absolute atomic E-state index is 0.112. The van der Waals surface area contributed by atoms with Crippen molar-refractivity contribution < 1.29 is 33.3 Å². The number of hydrogen-bond acceptors (Lipinski definition) is 7. The molecular formula is C17H16NO7-. The summed E-state index contributed by atoms with van der Waals surface area (Å²) in [5.74, 6) is -1.16. The van der Waals surface area contributed by atoms with Crippen LogP contribution in [-0.4, -0.2) is 33.2 Å². The van der Waals surface area contributed by atoms with Gasteiger partial charge in [0.05, 0.1) is 39.3 Å². The fourth-order valence-electron chi connectivity index (χ4n) is 2.07. The van der Waals surface area contributed by atoms with E-state index in [1.54, 1.807) is 6.07 Å². The van der Waals surface area contributed by atoms with Crippen LogP contribution in [0.4, 0.5) is 0 Å². The van der Waals surface area contributed by atoms with E-state index in [-0.39, 0.29) is 22.8 Å². The standard InChI is InChI=1S/C17H17NO7/c1-22-13-7-10(8-14(23-2)15(13)24-3)16(19)18-12(17(20)21)9-11-5-4-6-25-11/h4-9H,1-3H3,(H,18,19)(H,20,21)/p-1/b12-9+. The average Bonchev–Trinajstić information content (AvgIpc) is 3.12. The zero-order chi connectivity index (χ0) is 18.4. The van der Waals surface area contributed by atoms with E-state index < -0.39 is 17.6 Å². The van der Waals surface area contributed by atoms with Gasteiger partial charge in [-0.2, -0.15) is 0 Å². The van der Waals surface area contributed by atoms with Gasteiger partial charge in [0.2, 0.25) is 5.75 Å². The summed E-state index contributed by atoms with van der Waals surface area (Å²) in [5, 5.41) is 13.5. The normalized spacial score (nSPS) is 10.9. The molecule has 0 fully saturated rings. The van der Waals surface area contributed by atoms with Gasteiger partial charge in [-0.15, -0.1) is 0 Å². The smallest absolute Gasteiger partial charge is 0.255 e. The third-order valence-corrected chi connectivity index (χ3v) is 3.22. The fourth-order valence-corrected chi connectivity index (χ4v) is 2.07. The van der Waals surface area contributed by atoms with E-state index in [1.807, 2.05) is 0 Å². The lowest BCUT2D eigenvalue weighted by molar-refractivity contribution is -0.299. The SMILES string of the molecule is COc1cc(C(=O)N/C(=C/c2ccco2)C(=O)[O-])cc(OC)c1OC. The molecule has 0 spiro atoms. The second-order valence-corrected chi connectivity index (χ2v) is 4.73. The molecule has 2 aromatic rings. The van der Waals surface area contributed by atoms with Gasteiger partial charge in [0.1, 0.15) is 5.76 Å². The quantitative estimate of drug-likeness (QED) is 0.739. The number of rotatable bonds is 7. The summed E-state index contributed by atoms with van der Waals surface area (Å²) < 4.78 is 20.5. The first-order chi connectivity index (χ1) is 12.0. The lowest BCUT2D eigenvalue weighted by Gasteiger charge is -2.15. The monoisotopic (exact) mass is 346 g/mol. The van der Waals surface area contributed by atoms with E-state index in [9.17, 15) is 14.7 Å². The molecule has 1 aromatic heterocycles. The van der Waals surface area contributed by atoms with E-state index in [4.69, 9.17) is 18.6 Å². The van der Waals surface area contributed by atoms with Crippen molar-refractivity contribution in [2.75, 3.05) is 21.3 Å². The number of furan rings is 1. The van der Waals surface area contributed by atoms with Gasteiger partial charge in [0.15, 0.2) is 11.5 Å². The van der Waals surface area contributed by atoms with Crippen LogP contribution in [0.3, 0.4) is 0 Å². The first-order valence-electron chi connectivity index (χ1n) is 7.08. The van der Waals surface area contributed by atoms with Crippen LogP contribution in [0.25, 0.3) is 6.08 Å². The molecule has 132 valence electrons.